The van der Waals surface area contributed by atoms with E-state index in [1.165, 1.54) is 12.1 Å². The van der Waals surface area contributed by atoms with Crippen molar-refractivity contribution in [2.45, 2.75) is 20.1 Å². The first-order valence-corrected chi connectivity index (χ1v) is 9.82. The number of nitrogens with one attached hydrogen (secondary N) is 1. The second kappa shape index (κ2) is 8.96. The minimum absolute atomic E-state index is 0.254. The Labute approximate surface area is 176 Å². The predicted octanol–water partition coefficient (Wildman–Crippen LogP) is 7.39. The van der Waals surface area contributed by atoms with Crippen molar-refractivity contribution in [3.63, 3.8) is 0 Å². The van der Waals surface area contributed by atoms with Crippen molar-refractivity contribution in [3.05, 3.63) is 91.6 Å². The predicted molar refractivity (Wildman–Crippen MR) is 113 cm³/mol. The van der Waals surface area contributed by atoms with Gasteiger partial charge in [-0.2, -0.15) is 0 Å². The van der Waals surface area contributed by atoms with Gasteiger partial charge in [-0.25, -0.2) is 4.39 Å². The van der Waals surface area contributed by atoms with Gasteiger partial charge in [0, 0.05) is 32.9 Å². The Morgan fingerprint density at radius 2 is 1.78 bits per heavy atom. The van der Waals surface area contributed by atoms with E-state index in [-0.39, 0.29) is 12.4 Å². The molecule has 2 nitrogen and oxygen atoms in total. The minimum Gasteiger partial charge on any atom is -0.488 e. The van der Waals surface area contributed by atoms with Crippen LogP contribution in [0.25, 0.3) is 0 Å². The summed E-state index contributed by atoms with van der Waals surface area (Å²) >= 11 is 15.8. The Morgan fingerprint density at radius 1 is 0.963 bits per heavy atom. The molecule has 0 radical (unpaired) electrons. The Bertz CT molecular complexity index is 965. The fraction of sp³-hybridized carbons (Fsp3) is 0.143. The van der Waals surface area contributed by atoms with Gasteiger partial charge in [0.1, 0.15) is 18.2 Å². The second-order valence-electron chi connectivity index (χ2n) is 6.09. The Morgan fingerprint density at radius 3 is 2.52 bits per heavy atom. The monoisotopic (exact) mass is 467 g/mol. The highest BCUT2D eigenvalue weighted by molar-refractivity contribution is 9.10. The van der Waals surface area contributed by atoms with Gasteiger partial charge in [0.2, 0.25) is 0 Å². The van der Waals surface area contributed by atoms with Gasteiger partial charge in [-0.15, -0.1) is 0 Å². The van der Waals surface area contributed by atoms with Crippen LogP contribution in [-0.2, 0) is 13.2 Å². The average Bonchev–Trinajstić information content (AvgIpc) is 2.63. The van der Waals surface area contributed by atoms with E-state index in [0.29, 0.717) is 11.6 Å². The van der Waals surface area contributed by atoms with Gasteiger partial charge in [0.15, 0.2) is 0 Å². The molecule has 0 heterocycles. The molecule has 27 heavy (non-hydrogen) atoms. The van der Waals surface area contributed by atoms with Crippen molar-refractivity contribution in [2.75, 3.05) is 5.32 Å². The van der Waals surface area contributed by atoms with Crippen LogP contribution >= 0.6 is 39.1 Å². The molecule has 3 rings (SSSR count). The summed E-state index contributed by atoms with van der Waals surface area (Å²) < 4.78 is 20.1. The molecule has 0 aliphatic heterocycles. The zero-order valence-electron chi connectivity index (χ0n) is 14.5. The summed E-state index contributed by atoms with van der Waals surface area (Å²) in [6.07, 6.45) is 0. The van der Waals surface area contributed by atoms with E-state index in [0.717, 1.165) is 37.6 Å². The lowest BCUT2D eigenvalue weighted by Gasteiger charge is -2.14. The van der Waals surface area contributed by atoms with E-state index < -0.39 is 0 Å². The zero-order chi connectivity index (χ0) is 19.4. The third kappa shape index (κ3) is 5.38. The zero-order valence-corrected chi connectivity index (χ0v) is 17.6. The molecule has 0 aromatic heterocycles. The molecule has 0 atom stereocenters. The lowest BCUT2D eigenvalue weighted by Crippen LogP contribution is -2.04. The topological polar surface area (TPSA) is 21.3 Å². The van der Waals surface area contributed by atoms with Crippen LogP contribution in [0.4, 0.5) is 10.1 Å². The highest BCUT2D eigenvalue weighted by Gasteiger charge is 2.08. The number of hydrogen-bond donors (Lipinski definition) is 1. The van der Waals surface area contributed by atoms with Gasteiger partial charge < -0.3 is 10.1 Å². The molecule has 6 heteroatoms. The van der Waals surface area contributed by atoms with E-state index in [2.05, 4.69) is 21.2 Å². The molecule has 0 saturated heterocycles. The molecule has 0 amide bonds. The van der Waals surface area contributed by atoms with Crippen LogP contribution in [0.2, 0.25) is 10.0 Å². The molecule has 3 aromatic rings. The van der Waals surface area contributed by atoms with Crippen LogP contribution < -0.4 is 10.1 Å². The Hall–Kier alpha value is -1.75. The molecule has 0 saturated carbocycles. The number of benzene rings is 3. The summed E-state index contributed by atoms with van der Waals surface area (Å²) in [5.41, 5.74) is 3.66. The van der Waals surface area contributed by atoms with Gasteiger partial charge in [0.05, 0.1) is 5.02 Å². The van der Waals surface area contributed by atoms with Gasteiger partial charge in [-0.05, 0) is 55.0 Å². The third-order valence-electron chi connectivity index (χ3n) is 4.08. The van der Waals surface area contributed by atoms with Gasteiger partial charge in [0.25, 0.3) is 0 Å². The maximum Gasteiger partial charge on any atom is 0.124 e. The number of halogens is 4. The highest BCUT2D eigenvalue weighted by atomic mass is 79.9. The quantitative estimate of drug-likeness (QED) is 0.407. The molecule has 0 bridgehead atoms. The van der Waals surface area contributed by atoms with Gasteiger partial charge in [-0.3, -0.25) is 0 Å². The third-order valence-corrected chi connectivity index (χ3v) is 5.33. The van der Waals surface area contributed by atoms with Crippen molar-refractivity contribution >= 4 is 44.8 Å². The first kappa shape index (κ1) is 20.0. The molecule has 1 N–H and O–H groups in total. The Balaban J connectivity index is 1.73. The van der Waals surface area contributed by atoms with E-state index in [4.69, 9.17) is 27.9 Å². The van der Waals surface area contributed by atoms with Crippen molar-refractivity contribution in [2.24, 2.45) is 0 Å². The van der Waals surface area contributed by atoms with E-state index in [1.807, 2.05) is 43.3 Å². The smallest absolute Gasteiger partial charge is 0.124 e. The van der Waals surface area contributed by atoms with Crippen molar-refractivity contribution in [1.29, 1.82) is 0 Å². The molecular weight excluding hydrogens is 452 g/mol. The normalized spacial score (nSPS) is 10.7. The molecule has 3 aromatic carbocycles. The minimum atomic E-state index is -0.367. The summed E-state index contributed by atoms with van der Waals surface area (Å²) in [6.45, 7) is 2.78. The fourth-order valence-electron chi connectivity index (χ4n) is 2.52. The molecule has 0 aliphatic carbocycles. The van der Waals surface area contributed by atoms with Crippen LogP contribution in [0.5, 0.6) is 5.75 Å². The van der Waals surface area contributed by atoms with Crippen LogP contribution in [0.3, 0.4) is 0 Å². The molecule has 0 fully saturated rings. The number of anilines is 1. The molecular formula is C21H17BrCl2FNO. The van der Waals surface area contributed by atoms with Crippen LogP contribution in [-0.4, -0.2) is 0 Å². The number of rotatable bonds is 6. The average molecular weight is 469 g/mol. The van der Waals surface area contributed by atoms with Crippen LogP contribution in [0, 0.1) is 12.7 Å². The molecule has 140 valence electrons. The Kier molecular flexibility index (Phi) is 6.64. The number of ether oxygens (including phenoxy) is 1. The highest BCUT2D eigenvalue weighted by Crippen LogP contribution is 2.27. The standard InChI is InChI=1S/C21H17BrCl2FNO/c1-13-2-6-18(10-19(13)23)26-11-15-8-16(22)4-7-21(15)27-12-14-3-5-17(25)9-20(14)24/h2-10,26H,11-12H2,1H3. The first-order valence-electron chi connectivity index (χ1n) is 8.27. The van der Waals surface area contributed by atoms with Gasteiger partial charge >= 0.3 is 0 Å². The number of hydrogen-bond acceptors (Lipinski definition) is 2. The summed E-state index contributed by atoms with van der Waals surface area (Å²) in [7, 11) is 0. The summed E-state index contributed by atoms with van der Waals surface area (Å²) in [6, 6.07) is 15.9. The first-order chi connectivity index (χ1) is 12.9. The summed E-state index contributed by atoms with van der Waals surface area (Å²) in [5.74, 6) is 0.360. The molecule has 0 unspecified atom stereocenters. The van der Waals surface area contributed by atoms with Crippen LogP contribution in [0.1, 0.15) is 16.7 Å². The second-order valence-corrected chi connectivity index (χ2v) is 7.82. The van der Waals surface area contributed by atoms with Crippen LogP contribution in [0.15, 0.2) is 59.1 Å². The van der Waals surface area contributed by atoms with Crippen molar-refractivity contribution in [3.8, 4) is 5.75 Å². The largest absolute Gasteiger partial charge is 0.488 e. The van der Waals surface area contributed by atoms with E-state index in [1.54, 1.807) is 6.07 Å². The van der Waals surface area contributed by atoms with Crippen molar-refractivity contribution in [1.82, 2.24) is 0 Å². The number of aryl methyl sites for hydroxylation is 1. The maximum atomic E-state index is 13.2. The molecule has 0 spiro atoms. The van der Waals surface area contributed by atoms with Gasteiger partial charge in [-0.1, -0.05) is 51.3 Å². The van der Waals surface area contributed by atoms with Crippen molar-refractivity contribution < 1.29 is 9.13 Å². The lowest BCUT2D eigenvalue weighted by atomic mass is 10.1. The lowest BCUT2D eigenvalue weighted by molar-refractivity contribution is 0.303. The summed E-state index contributed by atoms with van der Waals surface area (Å²) in [4.78, 5) is 0. The molecule has 0 aliphatic rings. The van der Waals surface area contributed by atoms with E-state index >= 15 is 0 Å². The summed E-state index contributed by atoms with van der Waals surface area (Å²) in [5, 5.41) is 4.42. The maximum absolute atomic E-state index is 13.2. The fourth-order valence-corrected chi connectivity index (χ4v) is 3.33. The van der Waals surface area contributed by atoms with E-state index in [9.17, 15) is 4.39 Å². The SMILES string of the molecule is Cc1ccc(NCc2cc(Br)ccc2OCc2ccc(F)cc2Cl)cc1Cl.